The molecule has 4 nitrogen and oxygen atoms in total. The number of hydrogen-bond acceptors (Lipinski definition) is 3. The summed E-state index contributed by atoms with van der Waals surface area (Å²) in [4.78, 5) is 27.3. The summed E-state index contributed by atoms with van der Waals surface area (Å²) in [6.07, 6.45) is 3.75. The first kappa shape index (κ1) is 15.0. The highest BCUT2D eigenvalue weighted by Crippen LogP contribution is 2.27. The van der Waals surface area contributed by atoms with E-state index in [9.17, 15) is 9.59 Å². The molecule has 1 aromatic heterocycles. The van der Waals surface area contributed by atoms with Crippen molar-refractivity contribution >= 4 is 23.2 Å². The van der Waals surface area contributed by atoms with Gasteiger partial charge in [0.1, 0.15) is 0 Å². The molecule has 1 N–H and O–H groups in total. The third-order valence-electron chi connectivity index (χ3n) is 3.85. The van der Waals surface area contributed by atoms with Crippen molar-refractivity contribution in [2.24, 2.45) is 0 Å². The number of carboxylic acid groups (broad SMARTS) is 1. The van der Waals surface area contributed by atoms with Crippen LogP contribution in [0.5, 0.6) is 0 Å². The molecule has 1 saturated heterocycles. The van der Waals surface area contributed by atoms with Crippen LogP contribution in [0.1, 0.15) is 52.7 Å². The molecule has 5 heteroatoms. The Morgan fingerprint density at radius 1 is 1.45 bits per heavy atom. The van der Waals surface area contributed by atoms with Gasteiger partial charge >= 0.3 is 5.97 Å². The molecule has 1 aliphatic rings. The van der Waals surface area contributed by atoms with Crippen LogP contribution >= 0.6 is 11.3 Å². The van der Waals surface area contributed by atoms with Gasteiger partial charge in [-0.15, -0.1) is 11.3 Å². The van der Waals surface area contributed by atoms with Crippen molar-refractivity contribution in [3.05, 3.63) is 21.4 Å². The Morgan fingerprint density at radius 2 is 2.20 bits per heavy atom. The maximum Gasteiger partial charge on any atom is 0.305 e. The normalized spacial score (nSPS) is 19.1. The van der Waals surface area contributed by atoms with Crippen LogP contribution in [-0.2, 0) is 11.2 Å². The van der Waals surface area contributed by atoms with E-state index in [2.05, 4.69) is 6.92 Å². The number of carbonyl (C=O) groups excluding carboxylic acids is 1. The van der Waals surface area contributed by atoms with Gasteiger partial charge in [-0.25, -0.2) is 0 Å². The summed E-state index contributed by atoms with van der Waals surface area (Å²) in [5.74, 6) is -0.824. The molecule has 1 atom stereocenters. The zero-order chi connectivity index (χ0) is 14.7. The average Bonchev–Trinajstić information content (AvgIpc) is 2.79. The van der Waals surface area contributed by atoms with E-state index in [0.29, 0.717) is 6.54 Å². The zero-order valence-corrected chi connectivity index (χ0v) is 12.8. The first-order valence-electron chi connectivity index (χ1n) is 7.15. The summed E-state index contributed by atoms with van der Waals surface area (Å²) in [6, 6.07) is 1.79. The lowest BCUT2D eigenvalue weighted by Gasteiger charge is -2.34. The Kier molecular flexibility index (Phi) is 4.81. The van der Waals surface area contributed by atoms with Crippen molar-refractivity contribution < 1.29 is 14.7 Å². The van der Waals surface area contributed by atoms with Gasteiger partial charge in [-0.3, -0.25) is 9.59 Å². The van der Waals surface area contributed by atoms with E-state index in [1.165, 1.54) is 4.88 Å². The van der Waals surface area contributed by atoms with Crippen LogP contribution in [0.25, 0.3) is 0 Å². The molecule has 2 rings (SSSR count). The molecular weight excluding hydrogens is 274 g/mol. The molecule has 1 amide bonds. The van der Waals surface area contributed by atoms with Crippen molar-refractivity contribution in [2.45, 2.75) is 52.0 Å². The largest absolute Gasteiger partial charge is 0.481 e. The molecule has 20 heavy (non-hydrogen) atoms. The van der Waals surface area contributed by atoms with Gasteiger partial charge in [0.2, 0.25) is 0 Å². The number of aliphatic carboxylic acids is 1. The van der Waals surface area contributed by atoms with Crippen molar-refractivity contribution in [2.75, 3.05) is 6.54 Å². The smallest absolute Gasteiger partial charge is 0.305 e. The maximum absolute atomic E-state index is 12.6. The molecule has 1 aromatic rings. The number of carboxylic acids is 1. The van der Waals surface area contributed by atoms with E-state index in [-0.39, 0.29) is 18.4 Å². The van der Waals surface area contributed by atoms with Gasteiger partial charge in [-0.05, 0) is 44.2 Å². The summed E-state index contributed by atoms with van der Waals surface area (Å²) >= 11 is 1.54. The molecule has 0 bridgehead atoms. The number of nitrogens with zero attached hydrogens (tertiary/aromatic N) is 1. The highest BCUT2D eigenvalue weighted by atomic mass is 32.1. The number of hydrogen-bond donors (Lipinski definition) is 1. The summed E-state index contributed by atoms with van der Waals surface area (Å²) in [5.41, 5.74) is 1.16. The highest BCUT2D eigenvalue weighted by molar-refractivity contribution is 7.14. The molecular formula is C15H21NO3S. The average molecular weight is 295 g/mol. The Hall–Kier alpha value is -1.36. The Balaban J connectivity index is 2.18. The van der Waals surface area contributed by atoms with Gasteiger partial charge in [0.15, 0.2) is 0 Å². The van der Waals surface area contributed by atoms with Crippen LogP contribution in [0, 0.1) is 6.92 Å². The first-order valence-corrected chi connectivity index (χ1v) is 7.96. The standard InChI is InChI=1S/C15H21NO3S/c1-3-12-10(2)8-13(20-12)15(19)16-7-5-4-6-11(16)9-14(17)18/h8,11H,3-7,9H2,1-2H3,(H,17,18). The van der Waals surface area contributed by atoms with Crippen LogP contribution < -0.4 is 0 Å². The molecule has 1 fully saturated rings. The number of rotatable bonds is 4. The number of thiophene rings is 1. The Labute approximate surface area is 123 Å². The Morgan fingerprint density at radius 3 is 2.80 bits per heavy atom. The van der Waals surface area contributed by atoms with Crippen molar-refractivity contribution in [1.82, 2.24) is 4.90 Å². The van der Waals surface area contributed by atoms with E-state index < -0.39 is 5.97 Å². The van der Waals surface area contributed by atoms with Crippen LogP contribution in [0.3, 0.4) is 0 Å². The quantitative estimate of drug-likeness (QED) is 0.928. The number of piperidine rings is 1. The SMILES string of the molecule is CCc1sc(C(=O)N2CCCCC2CC(=O)O)cc1C. The monoisotopic (exact) mass is 295 g/mol. The summed E-state index contributed by atoms with van der Waals surface area (Å²) in [6.45, 7) is 4.79. The van der Waals surface area contributed by atoms with Crippen molar-refractivity contribution in [3.8, 4) is 0 Å². The fraction of sp³-hybridized carbons (Fsp3) is 0.600. The minimum absolute atomic E-state index is 0.00347. The lowest BCUT2D eigenvalue weighted by atomic mass is 9.99. The third kappa shape index (κ3) is 3.20. The molecule has 0 aromatic carbocycles. The fourth-order valence-electron chi connectivity index (χ4n) is 2.80. The van der Waals surface area contributed by atoms with Gasteiger partial charge in [0.05, 0.1) is 11.3 Å². The molecule has 0 spiro atoms. The molecule has 0 radical (unpaired) electrons. The molecule has 0 aliphatic carbocycles. The topological polar surface area (TPSA) is 57.6 Å². The van der Waals surface area contributed by atoms with Crippen LogP contribution in [0.4, 0.5) is 0 Å². The summed E-state index contributed by atoms with van der Waals surface area (Å²) < 4.78 is 0. The zero-order valence-electron chi connectivity index (χ0n) is 12.0. The molecule has 2 heterocycles. The van der Waals surface area contributed by atoms with Gasteiger partial charge in [-0.2, -0.15) is 0 Å². The van der Waals surface area contributed by atoms with Crippen molar-refractivity contribution in [3.63, 3.8) is 0 Å². The van der Waals surface area contributed by atoms with Crippen molar-refractivity contribution in [1.29, 1.82) is 0 Å². The van der Waals surface area contributed by atoms with Crippen LogP contribution in [-0.4, -0.2) is 34.5 Å². The van der Waals surface area contributed by atoms with Gasteiger partial charge in [0, 0.05) is 17.5 Å². The number of carbonyl (C=O) groups is 2. The lowest BCUT2D eigenvalue weighted by molar-refractivity contribution is -0.138. The van der Waals surface area contributed by atoms with Crippen LogP contribution in [0.2, 0.25) is 0 Å². The highest BCUT2D eigenvalue weighted by Gasteiger charge is 2.30. The van der Waals surface area contributed by atoms with Gasteiger partial charge in [0.25, 0.3) is 5.91 Å². The van der Waals surface area contributed by atoms with E-state index >= 15 is 0 Å². The van der Waals surface area contributed by atoms with E-state index in [1.54, 1.807) is 16.2 Å². The molecule has 1 unspecified atom stereocenters. The van der Waals surface area contributed by atoms with Crippen LogP contribution in [0.15, 0.2) is 6.07 Å². The van der Waals surface area contributed by atoms with Gasteiger partial charge in [-0.1, -0.05) is 6.92 Å². The Bertz CT molecular complexity index is 509. The number of amides is 1. The number of aryl methyl sites for hydroxylation is 2. The number of likely N-dealkylation sites (tertiary alicyclic amines) is 1. The van der Waals surface area contributed by atoms with Gasteiger partial charge < -0.3 is 10.0 Å². The fourth-order valence-corrected chi connectivity index (χ4v) is 3.87. The lowest BCUT2D eigenvalue weighted by Crippen LogP contribution is -2.44. The predicted octanol–water partition coefficient (Wildman–Crippen LogP) is 3.09. The third-order valence-corrected chi connectivity index (χ3v) is 5.22. The second kappa shape index (κ2) is 6.39. The maximum atomic E-state index is 12.6. The van der Waals surface area contributed by atoms with E-state index in [4.69, 9.17) is 5.11 Å². The molecule has 0 saturated carbocycles. The summed E-state index contributed by atoms with van der Waals surface area (Å²) in [7, 11) is 0. The minimum Gasteiger partial charge on any atom is -0.481 e. The van der Waals surface area contributed by atoms with E-state index in [0.717, 1.165) is 36.1 Å². The predicted molar refractivity (Wildman–Crippen MR) is 79.4 cm³/mol. The second-order valence-electron chi connectivity index (χ2n) is 5.32. The minimum atomic E-state index is -0.827. The second-order valence-corrected chi connectivity index (χ2v) is 6.45. The molecule has 1 aliphatic heterocycles. The van der Waals surface area contributed by atoms with E-state index in [1.807, 2.05) is 13.0 Å². The summed E-state index contributed by atoms with van der Waals surface area (Å²) in [5, 5.41) is 8.99. The molecule has 110 valence electrons. The first-order chi connectivity index (χ1) is 9.52.